The molecular formula is C17H22ClN3O. The van der Waals surface area contributed by atoms with E-state index < -0.39 is 0 Å². The maximum Gasteiger partial charge on any atom is 0.260 e. The summed E-state index contributed by atoms with van der Waals surface area (Å²) in [6, 6.07) is 7.36. The van der Waals surface area contributed by atoms with Gasteiger partial charge in [0, 0.05) is 24.8 Å². The zero-order valence-corrected chi connectivity index (χ0v) is 13.6. The Morgan fingerprint density at radius 3 is 2.68 bits per heavy atom. The lowest BCUT2D eigenvalue weighted by atomic mass is 10.1. The van der Waals surface area contributed by atoms with Crippen LogP contribution in [0.15, 0.2) is 29.1 Å². The molecule has 1 unspecified atom stereocenters. The van der Waals surface area contributed by atoms with Crippen LogP contribution in [0, 0.1) is 0 Å². The van der Waals surface area contributed by atoms with Crippen LogP contribution in [0.1, 0.15) is 31.5 Å². The number of hydrogen-bond donors (Lipinski definition) is 1. The van der Waals surface area contributed by atoms with Gasteiger partial charge in [-0.25, -0.2) is 0 Å². The highest BCUT2D eigenvalue weighted by Crippen LogP contribution is 2.23. The van der Waals surface area contributed by atoms with E-state index in [1.807, 2.05) is 25.1 Å². The van der Waals surface area contributed by atoms with Gasteiger partial charge in [-0.15, -0.1) is 0 Å². The van der Waals surface area contributed by atoms with E-state index in [1.54, 1.807) is 10.6 Å². The lowest BCUT2D eigenvalue weighted by Gasteiger charge is -2.20. The van der Waals surface area contributed by atoms with E-state index in [9.17, 15) is 4.79 Å². The Kier molecular flexibility index (Phi) is 4.52. The third kappa shape index (κ3) is 2.91. The molecule has 0 bridgehead atoms. The van der Waals surface area contributed by atoms with Crippen LogP contribution in [0.5, 0.6) is 0 Å². The molecule has 1 aliphatic rings. The molecule has 1 aromatic heterocycles. The van der Waals surface area contributed by atoms with Crippen LogP contribution in [0.4, 0.5) is 0 Å². The van der Waals surface area contributed by atoms with Gasteiger partial charge in [0.25, 0.3) is 5.56 Å². The Hall–Kier alpha value is -1.36. The molecule has 0 radical (unpaired) electrons. The molecule has 1 aliphatic heterocycles. The maximum absolute atomic E-state index is 12.9. The molecular weight excluding hydrogens is 298 g/mol. The molecule has 0 amide bonds. The minimum atomic E-state index is -0.186. The summed E-state index contributed by atoms with van der Waals surface area (Å²) in [5.74, 6) is 0. The van der Waals surface area contributed by atoms with Gasteiger partial charge in [-0.05, 0) is 50.4 Å². The highest BCUT2D eigenvalue weighted by molar-refractivity contribution is 6.35. The summed E-state index contributed by atoms with van der Waals surface area (Å²) in [6.07, 6.45) is 2.50. The average molecular weight is 320 g/mol. The fourth-order valence-corrected chi connectivity index (χ4v) is 3.49. The standard InChI is InChI=1S/C17H22ClN3O/c1-12(19)15-11-13-5-4-6-14(18)16(13)17(22)21(15)10-9-20-7-2-3-8-20/h4-6,11-12H,2-3,7-10,19H2,1H3. The Bertz CT molecular complexity index is 732. The molecule has 1 atom stereocenters. The number of fused-ring (bicyclic) bond motifs is 1. The monoisotopic (exact) mass is 319 g/mol. The van der Waals surface area contributed by atoms with Gasteiger partial charge in [-0.2, -0.15) is 0 Å². The summed E-state index contributed by atoms with van der Waals surface area (Å²) < 4.78 is 1.80. The van der Waals surface area contributed by atoms with Crippen molar-refractivity contribution < 1.29 is 0 Å². The molecule has 0 spiro atoms. The molecule has 3 rings (SSSR count). The number of likely N-dealkylation sites (tertiary alicyclic amines) is 1. The number of benzene rings is 1. The van der Waals surface area contributed by atoms with Crippen molar-refractivity contribution in [2.24, 2.45) is 5.73 Å². The van der Waals surface area contributed by atoms with Crippen molar-refractivity contribution in [3.05, 3.63) is 45.3 Å². The maximum atomic E-state index is 12.9. The number of hydrogen-bond acceptors (Lipinski definition) is 3. The van der Waals surface area contributed by atoms with Gasteiger partial charge in [0.05, 0.1) is 10.4 Å². The van der Waals surface area contributed by atoms with Crippen molar-refractivity contribution in [2.75, 3.05) is 19.6 Å². The Balaban J connectivity index is 2.05. The van der Waals surface area contributed by atoms with Gasteiger partial charge in [0.2, 0.25) is 0 Å². The predicted molar refractivity (Wildman–Crippen MR) is 91.5 cm³/mol. The van der Waals surface area contributed by atoms with Gasteiger partial charge in [0.1, 0.15) is 0 Å². The summed E-state index contributed by atoms with van der Waals surface area (Å²) in [4.78, 5) is 15.3. The van der Waals surface area contributed by atoms with Crippen molar-refractivity contribution in [3.63, 3.8) is 0 Å². The van der Waals surface area contributed by atoms with Gasteiger partial charge < -0.3 is 15.2 Å². The molecule has 4 nitrogen and oxygen atoms in total. The van der Waals surface area contributed by atoms with Crippen LogP contribution >= 0.6 is 11.6 Å². The van der Waals surface area contributed by atoms with Gasteiger partial charge in [-0.1, -0.05) is 23.7 Å². The summed E-state index contributed by atoms with van der Waals surface area (Å²) in [7, 11) is 0. The smallest absolute Gasteiger partial charge is 0.260 e. The lowest BCUT2D eigenvalue weighted by Crippen LogP contribution is -2.32. The van der Waals surface area contributed by atoms with Crippen molar-refractivity contribution in [1.29, 1.82) is 0 Å². The fourth-order valence-electron chi connectivity index (χ4n) is 3.23. The predicted octanol–water partition coefficient (Wildman–Crippen LogP) is 2.77. The van der Waals surface area contributed by atoms with E-state index in [0.29, 0.717) is 17.0 Å². The van der Waals surface area contributed by atoms with Gasteiger partial charge in [0.15, 0.2) is 0 Å². The number of nitrogens with two attached hydrogens (primary N) is 1. The summed E-state index contributed by atoms with van der Waals surface area (Å²) in [5, 5.41) is 1.96. The molecule has 22 heavy (non-hydrogen) atoms. The SMILES string of the molecule is CC(N)c1cc2cccc(Cl)c2c(=O)n1CCN1CCCC1. The second-order valence-corrected chi connectivity index (χ2v) is 6.47. The van der Waals surface area contributed by atoms with E-state index in [2.05, 4.69) is 4.90 Å². The first-order valence-electron chi connectivity index (χ1n) is 7.88. The van der Waals surface area contributed by atoms with Gasteiger partial charge in [-0.3, -0.25) is 4.79 Å². The summed E-state index contributed by atoms with van der Waals surface area (Å²) in [6.45, 7) is 5.71. The summed E-state index contributed by atoms with van der Waals surface area (Å²) in [5.41, 5.74) is 6.93. The number of nitrogens with zero attached hydrogens (tertiary/aromatic N) is 2. The fraction of sp³-hybridized carbons (Fsp3) is 0.471. The van der Waals surface area contributed by atoms with Crippen LogP contribution in [-0.4, -0.2) is 29.1 Å². The molecule has 118 valence electrons. The molecule has 1 saturated heterocycles. The van der Waals surface area contributed by atoms with Crippen LogP contribution in [0.25, 0.3) is 10.8 Å². The second kappa shape index (κ2) is 6.41. The van der Waals surface area contributed by atoms with Gasteiger partial charge >= 0.3 is 0 Å². The van der Waals surface area contributed by atoms with E-state index in [1.165, 1.54) is 12.8 Å². The van der Waals surface area contributed by atoms with Crippen LogP contribution in [-0.2, 0) is 6.54 Å². The Morgan fingerprint density at radius 2 is 2.00 bits per heavy atom. The first-order chi connectivity index (χ1) is 10.6. The minimum Gasteiger partial charge on any atom is -0.323 e. The Morgan fingerprint density at radius 1 is 1.27 bits per heavy atom. The lowest BCUT2D eigenvalue weighted by molar-refractivity contribution is 0.318. The number of pyridine rings is 1. The third-order valence-electron chi connectivity index (χ3n) is 4.42. The minimum absolute atomic E-state index is 0.0328. The largest absolute Gasteiger partial charge is 0.323 e. The van der Waals surface area contributed by atoms with E-state index in [-0.39, 0.29) is 11.6 Å². The molecule has 2 heterocycles. The van der Waals surface area contributed by atoms with Crippen LogP contribution in [0.2, 0.25) is 5.02 Å². The van der Waals surface area contributed by atoms with Crippen LogP contribution < -0.4 is 11.3 Å². The second-order valence-electron chi connectivity index (χ2n) is 6.07. The third-order valence-corrected chi connectivity index (χ3v) is 4.74. The van der Waals surface area contributed by atoms with Crippen LogP contribution in [0.3, 0.4) is 0 Å². The van der Waals surface area contributed by atoms with E-state index in [0.717, 1.165) is 30.7 Å². The molecule has 2 N–H and O–H groups in total. The zero-order valence-electron chi connectivity index (χ0n) is 12.9. The highest BCUT2D eigenvalue weighted by atomic mass is 35.5. The number of rotatable bonds is 4. The molecule has 5 heteroatoms. The van der Waals surface area contributed by atoms with Crippen molar-refractivity contribution in [2.45, 2.75) is 32.4 Å². The average Bonchev–Trinajstić information content (AvgIpc) is 2.99. The summed E-state index contributed by atoms with van der Waals surface area (Å²) >= 11 is 6.24. The first-order valence-corrected chi connectivity index (χ1v) is 8.25. The molecule has 1 fully saturated rings. The topological polar surface area (TPSA) is 51.3 Å². The first kappa shape index (κ1) is 15.5. The highest BCUT2D eigenvalue weighted by Gasteiger charge is 2.16. The molecule has 2 aromatic rings. The quantitative estimate of drug-likeness (QED) is 0.942. The Labute approximate surface area is 135 Å². The number of aromatic nitrogens is 1. The molecule has 0 aliphatic carbocycles. The molecule has 0 saturated carbocycles. The van der Waals surface area contributed by atoms with E-state index in [4.69, 9.17) is 17.3 Å². The van der Waals surface area contributed by atoms with Crippen molar-refractivity contribution >= 4 is 22.4 Å². The van der Waals surface area contributed by atoms with Crippen molar-refractivity contribution in [1.82, 2.24) is 9.47 Å². The van der Waals surface area contributed by atoms with E-state index >= 15 is 0 Å². The molecule has 1 aromatic carbocycles. The van der Waals surface area contributed by atoms with Crippen molar-refractivity contribution in [3.8, 4) is 0 Å². The number of halogens is 1. The zero-order chi connectivity index (χ0) is 15.7. The normalized spacial score (nSPS) is 17.2.